The zero-order chi connectivity index (χ0) is 13.8. The molecule has 2 N–H and O–H groups in total. The molecule has 1 aromatic carbocycles. The molecule has 3 heteroatoms. The van der Waals surface area contributed by atoms with E-state index in [1.54, 1.807) is 6.92 Å². The van der Waals surface area contributed by atoms with Crippen molar-refractivity contribution in [1.82, 2.24) is 0 Å². The highest BCUT2D eigenvalue weighted by atomic mass is 16.5. The minimum atomic E-state index is -0.871. The largest absolute Gasteiger partial charge is 0.490 e. The maximum absolute atomic E-state index is 10.2. The van der Waals surface area contributed by atoms with Crippen LogP contribution in [0.1, 0.15) is 45.8 Å². The molecule has 0 radical (unpaired) electrons. The molecule has 0 aromatic heterocycles. The van der Waals surface area contributed by atoms with Crippen molar-refractivity contribution < 1.29 is 14.9 Å². The normalized spacial score (nSPS) is 16.4. The molecule has 1 rings (SSSR count). The predicted octanol–water partition coefficient (Wildman–Crippen LogP) is 2.92. The average Bonchev–Trinajstić information content (AvgIpc) is 2.35. The third-order valence-corrected chi connectivity index (χ3v) is 3.43. The van der Waals surface area contributed by atoms with Crippen LogP contribution < -0.4 is 4.74 Å². The van der Waals surface area contributed by atoms with Gasteiger partial charge in [0.25, 0.3) is 0 Å². The van der Waals surface area contributed by atoms with Crippen molar-refractivity contribution in [1.29, 1.82) is 0 Å². The first kappa shape index (κ1) is 15.0. The van der Waals surface area contributed by atoms with E-state index in [9.17, 15) is 10.2 Å². The number of hydrogen-bond donors (Lipinski definition) is 2. The van der Waals surface area contributed by atoms with E-state index < -0.39 is 11.7 Å². The number of aliphatic hydroxyl groups is 2. The van der Waals surface area contributed by atoms with Crippen molar-refractivity contribution in [3.05, 3.63) is 29.8 Å². The van der Waals surface area contributed by atoms with Gasteiger partial charge in [0.1, 0.15) is 12.4 Å². The Morgan fingerprint density at radius 2 is 1.89 bits per heavy atom. The van der Waals surface area contributed by atoms with Crippen LogP contribution in [0.15, 0.2) is 24.3 Å². The molecule has 102 valence electrons. The molecule has 1 aromatic rings. The first-order chi connectivity index (χ1) is 8.38. The predicted molar refractivity (Wildman–Crippen MR) is 72.6 cm³/mol. The van der Waals surface area contributed by atoms with Gasteiger partial charge in [-0.1, -0.05) is 39.0 Å². The molecule has 1 unspecified atom stereocenters. The molecule has 0 amide bonds. The number of benzene rings is 1. The Hall–Kier alpha value is -1.06. The van der Waals surface area contributed by atoms with Gasteiger partial charge in [0.05, 0.1) is 11.7 Å². The highest BCUT2D eigenvalue weighted by molar-refractivity contribution is 5.35. The minimum absolute atomic E-state index is 0.112. The van der Waals surface area contributed by atoms with E-state index in [0.29, 0.717) is 12.2 Å². The summed E-state index contributed by atoms with van der Waals surface area (Å²) in [7, 11) is 0. The van der Waals surface area contributed by atoms with Crippen molar-refractivity contribution in [2.45, 2.75) is 45.8 Å². The molecule has 3 nitrogen and oxygen atoms in total. The summed E-state index contributed by atoms with van der Waals surface area (Å²) >= 11 is 0. The summed E-state index contributed by atoms with van der Waals surface area (Å²) in [6.07, 6.45) is 0.117. The average molecular weight is 252 g/mol. The highest BCUT2D eigenvalue weighted by Crippen LogP contribution is 2.28. The van der Waals surface area contributed by atoms with E-state index in [-0.39, 0.29) is 12.5 Å². The zero-order valence-electron chi connectivity index (χ0n) is 11.7. The summed E-state index contributed by atoms with van der Waals surface area (Å²) in [5.74, 6) is 0.758. The molecule has 0 heterocycles. The summed E-state index contributed by atoms with van der Waals surface area (Å²) in [6.45, 7) is 7.81. The van der Waals surface area contributed by atoms with Crippen LogP contribution in [-0.2, 0) is 0 Å². The fraction of sp³-hybridized carbons (Fsp3) is 0.600. The standard InChI is InChI=1S/C15H24O3/c1-5-13(16)12-8-6-7-9-14(12)18-10-15(4,17)11(2)3/h6-9,11,13,16-17H,5,10H2,1-4H3/t13-,15?/m0/s1. The molecule has 0 aliphatic rings. The van der Waals surface area contributed by atoms with Gasteiger partial charge < -0.3 is 14.9 Å². The van der Waals surface area contributed by atoms with Crippen LogP contribution >= 0.6 is 0 Å². The van der Waals surface area contributed by atoms with Crippen molar-refractivity contribution in [2.24, 2.45) is 5.92 Å². The van der Waals surface area contributed by atoms with E-state index >= 15 is 0 Å². The Morgan fingerprint density at radius 3 is 2.44 bits per heavy atom. The van der Waals surface area contributed by atoms with E-state index in [4.69, 9.17) is 4.74 Å². The van der Waals surface area contributed by atoms with Gasteiger partial charge in [0.2, 0.25) is 0 Å². The minimum Gasteiger partial charge on any atom is -0.490 e. The maximum atomic E-state index is 10.2. The van der Waals surface area contributed by atoms with Crippen LogP contribution in [0.4, 0.5) is 0 Å². The van der Waals surface area contributed by atoms with Gasteiger partial charge in [0.15, 0.2) is 0 Å². The van der Waals surface area contributed by atoms with Crippen LogP contribution in [0, 0.1) is 5.92 Å². The number of ether oxygens (including phenoxy) is 1. The Morgan fingerprint density at radius 1 is 1.28 bits per heavy atom. The Balaban J connectivity index is 2.79. The number of aliphatic hydroxyl groups excluding tert-OH is 1. The highest BCUT2D eigenvalue weighted by Gasteiger charge is 2.26. The van der Waals surface area contributed by atoms with Crippen LogP contribution in [0.2, 0.25) is 0 Å². The van der Waals surface area contributed by atoms with Gasteiger partial charge in [-0.3, -0.25) is 0 Å². The van der Waals surface area contributed by atoms with Crippen LogP contribution in [-0.4, -0.2) is 22.4 Å². The van der Waals surface area contributed by atoms with Crippen molar-refractivity contribution >= 4 is 0 Å². The third kappa shape index (κ3) is 3.72. The lowest BCUT2D eigenvalue weighted by Gasteiger charge is -2.28. The third-order valence-electron chi connectivity index (χ3n) is 3.43. The SMILES string of the molecule is CC[C@H](O)c1ccccc1OCC(C)(O)C(C)C. The van der Waals surface area contributed by atoms with Gasteiger partial charge in [-0.25, -0.2) is 0 Å². The first-order valence-electron chi connectivity index (χ1n) is 6.50. The van der Waals surface area contributed by atoms with Crippen molar-refractivity contribution in [2.75, 3.05) is 6.61 Å². The quantitative estimate of drug-likeness (QED) is 0.818. The second-order valence-corrected chi connectivity index (χ2v) is 5.26. The summed E-state index contributed by atoms with van der Waals surface area (Å²) in [5.41, 5.74) is -0.0934. The summed E-state index contributed by atoms with van der Waals surface area (Å²) in [4.78, 5) is 0. The van der Waals surface area contributed by atoms with Crippen LogP contribution in [0.3, 0.4) is 0 Å². The number of rotatable bonds is 6. The molecule has 0 aliphatic carbocycles. The maximum Gasteiger partial charge on any atom is 0.125 e. The monoisotopic (exact) mass is 252 g/mol. The summed E-state index contributed by atoms with van der Waals surface area (Å²) in [6, 6.07) is 7.42. The fourth-order valence-corrected chi connectivity index (χ4v) is 1.50. The molecule has 0 saturated carbocycles. The molecule has 0 aliphatic heterocycles. The molecule has 0 fully saturated rings. The number of para-hydroxylation sites is 1. The van der Waals surface area contributed by atoms with Crippen LogP contribution in [0.5, 0.6) is 5.75 Å². The van der Waals surface area contributed by atoms with E-state index in [2.05, 4.69) is 0 Å². The molecule has 0 bridgehead atoms. The second kappa shape index (κ2) is 6.21. The Bertz CT molecular complexity index is 372. The molecule has 0 saturated heterocycles. The van der Waals surface area contributed by atoms with Gasteiger partial charge >= 0.3 is 0 Å². The lowest BCUT2D eigenvalue weighted by atomic mass is 9.93. The summed E-state index contributed by atoms with van der Waals surface area (Å²) < 4.78 is 5.68. The van der Waals surface area contributed by atoms with E-state index in [1.807, 2.05) is 45.0 Å². The topological polar surface area (TPSA) is 49.7 Å². The fourth-order valence-electron chi connectivity index (χ4n) is 1.50. The first-order valence-corrected chi connectivity index (χ1v) is 6.50. The van der Waals surface area contributed by atoms with Gasteiger partial charge in [-0.2, -0.15) is 0 Å². The molecule has 2 atom stereocenters. The van der Waals surface area contributed by atoms with Crippen molar-refractivity contribution in [3.63, 3.8) is 0 Å². The smallest absolute Gasteiger partial charge is 0.125 e. The lowest BCUT2D eigenvalue weighted by Crippen LogP contribution is -2.38. The van der Waals surface area contributed by atoms with E-state index in [1.165, 1.54) is 0 Å². The second-order valence-electron chi connectivity index (χ2n) is 5.26. The molecular formula is C15H24O3. The Kier molecular flexibility index (Phi) is 5.17. The Labute approximate surface area is 109 Å². The summed E-state index contributed by atoms with van der Waals surface area (Å²) in [5, 5.41) is 20.1. The van der Waals surface area contributed by atoms with Gasteiger partial charge in [-0.15, -0.1) is 0 Å². The van der Waals surface area contributed by atoms with E-state index in [0.717, 1.165) is 5.56 Å². The molecule has 18 heavy (non-hydrogen) atoms. The lowest BCUT2D eigenvalue weighted by molar-refractivity contribution is -0.0274. The van der Waals surface area contributed by atoms with Crippen molar-refractivity contribution in [3.8, 4) is 5.75 Å². The van der Waals surface area contributed by atoms with Gasteiger partial charge in [0, 0.05) is 5.56 Å². The molecular weight excluding hydrogens is 228 g/mol. The number of hydrogen-bond acceptors (Lipinski definition) is 3. The van der Waals surface area contributed by atoms with Crippen LogP contribution in [0.25, 0.3) is 0 Å². The zero-order valence-corrected chi connectivity index (χ0v) is 11.7. The molecule has 0 spiro atoms. The van der Waals surface area contributed by atoms with Gasteiger partial charge in [-0.05, 0) is 25.3 Å².